The third kappa shape index (κ3) is 8.29. The first-order valence-electron chi connectivity index (χ1n) is 13.6. The maximum absolute atomic E-state index is 10.6. The Morgan fingerprint density at radius 3 is 1.93 bits per heavy atom. The van der Waals surface area contributed by atoms with E-state index in [0.29, 0.717) is 0 Å². The van der Waals surface area contributed by atoms with Gasteiger partial charge in [-0.3, -0.25) is 9.38 Å². The lowest BCUT2D eigenvalue weighted by molar-refractivity contribution is -0.193. The Bertz CT molecular complexity index is 1790. The van der Waals surface area contributed by atoms with Crippen LogP contribution < -0.4 is 4.90 Å². The van der Waals surface area contributed by atoms with Crippen LogP contribution in [0.4, 0.5) is 32.0 Å². The number of likely N-dealkylation sites (N-methyl/N-ethyl adjacent to an activating group) is 1. The van der Waals surface area contributed by atoms with E-state index >= 15 is 0 Å². The van der Waals surface area contributed by atoms with Crippen LogP contribution in [0.25, 0.3) is 38.9 Å². The van der Waals surface area contributed by atoms with Crippen LogP contribution in [-0.2, 0) is 9.59 Å². The number of nitrogens with zero attached hydrogens (tertiary/aromatic N) is 5. The van der Waals surface area contributed by atoms with Crippen LogP contribution in [0.5, 0.6) is 0 Å². The number of pyridine rings is 2. The van der Waals surface area contributed by atoms with Gasteiger partial charge in [-0.05, 0) is 54.6 Å². The average Bonchev–Trinajstić information content (AvgIpc) is 3.44. The van der Waals surface area contributed by atoms with Gasteiger partial charge in [-0.2, -0.15) is 26.3 Å². The first kappa shape index (κ1) is 33.7. The van der Waals surface area contributed by atoms with Crippen molar-refractivity contribution < 1.29 is 46.1 Å². The van der Waals surface area contributed by atoms with Crippen molar-refractivity contribution >= 4 is 34.2 Å². The molecule has 46 heavy (non-hydrogen) atoms. The fraction of sp³-hybridized carbons (Fsp3) is 0.226. The number of halogens is 6. The summed E-state index contributed by atoms with van der Waals surface area (Å²) < 4.78 is 65.6. The Balaban J connectivity index is 0.000000289. The molecule has 0 amide bonds. The summed E-state index contributed by atoms with van der Waals surface area (Å²) >= 11 is 0. The number of piperazine rings is 1. The van der Waals surface area contributed by atoms with E-state index in [1.54, 1.807) is 0 Å². The standard InChI is InChI=1S/C27H25N5.2C2HF3O2/c1-30-14-16-31(17-15-30)22-8-6-20(7-9-22)21-11-13-32-26(19-29-27(32)18-21)24-10-12-28-25-5-3-2-4-23(24)25;2*3-2(4,5)1(6)7/h2-13,18-19H,14-17H2,1H3;2*(H,6,7). The number of aromatic nitrogens is 3. The Labute approximate surface area is 257 Å². The molecule has 9 nitrogen and oxygen atoms in total. The van der Waals surface area contributed by atoms with Gasteiger partial charge in [0.1, 0.15) is 5.65 Å². The molecule has 0 spiro atoms. The highest BCUT2D eigenvalue weighted by atomic mass is 19.4. The van der Waals surface area contributed by atoms with Crippen molar-refractivity contribution in [3.8, 4) is 22.4 Å². The van der Waals surface area contributed by atoms with Crippen molar-refractivity contribution in [2.75, 3.05) is 38.1 Å². The lowest BCUT2D eigenvalue weighted by Crippen LogP contribution is -2.44. The minimum Gasteiger partial charge on any atom is -0.475 e. The van der Waals surface area contributed by atoms with Crippen molar-refractivity contribution in [1.29, 1.82) is 0 Å². The SMILES string of the molecule is CN1CCN(c2ccc(-c3ccn4c(-c5ccnc6ccccc56)cnc4c3)cc2)CC1.O=C(O)C(F)(F)F.O=C(O)C(F)(F)F. The van der Waals surface area contributed by atoms with E-state index in [1.165, 1.54) is 16.8 Å². The number of carboxylic acids is 2. The van der Waals surface area contributed by atoms with Crippen LogP contribution in [-0.4, -0.2) is 87.0 Å². The summed E-state index contributed by atoms with van der Waals surface area (Å²) in [5, 5.41) is 15.4. The summed E-state index contributed by atoms with van der Waals surface area (Å²) in [6.07, 6.45) is -4.22. The zero-order valence-corrected chi connectivity index (χ0v) is 24.1. The van der Waals surface area contributed by atoms with Crippen LogP contribution in [0.2, 0.25) is 0 Å². The molecule has 1 aliphatic heterocycles. The molecule has 3 aromatic heterocycles. The van der Waals surface area contributed by atoms with E-state index in [4.69, 9.17) is 24.8 Å². The number of anilines is 1. The fourth-order valence-electron chi connectivity index (χ4n) is 4.61. The molecule has 0 radical (unpaired) electrons. The van der Waals surface area contributed by atoms with Crippen molar-refractivity contribution in [2.45, 2.75) is 12.4 Å². The number of benzene rings is 2. The highest BCUT2D eigenvalue weighted by Crippen LogP contribution is 2.30. The monoisotopic (exact) mass is 647 g/mol. The van der Waals surface area contributed by atoms with Crippen molar-refractivity contribution in [3.05, 3.63) is 85.3 Å². The normalized spacial score (nSPS) is 13.8. The van der Waals surface area contributed by atoms with Gasteiger partial charge in [-0.25, -0.2) is 14.6 Å². The Hall–Kier alpha value is -5.18. The highest BCUT2D eigenvalue weighted by Gasteiger charge is 2.38. The molecule has 1 aliphatic rings. The molecule has 5 aromatic rings. The molecule has 1 fully saturated rings. The van der Waals surface area contributed by atoms with Gasteiger partial charge in [-0.1, -0.05) is 30.3 Å². The molecular formula is C31H27F6N5O4. The van der Waals surface area contributed by atoms with Gasteiger partial charge >= 0.3 is 24.3 Å². The molecule has 2 N–H and O–H groups in total. The molecule has 4 heterocycles. The number of para-hydroxylation sites is 1. The van der Waals surface area contributed by atoms with E-state index in [0.717, 1.165) is 54.0 Å². The summed E-state index contributed by atoms with van der Waals surface area (Å²) in [7, 11) is 2.19. The molecule has 15 heteroatoms. The van der Waals surface area contributed by atoms with Crippen molar-refractivity contribution in [3.63, 3.8) is 0 Å². The molecule has 0 aliphatic carbocycles. The minimum absolute atomic E-state index is 0.946. The van der Waals surface area contributed by atoms with E-state index in [9.17, 15) is 26.3 Å². The fourth-order valence-corrected chi connectivity index (χ4v) is 4.61. The van der Waals surface area contributed by atoms with E-state index in [2.05, 4.69) is 87.0 Å². The van der Waals surface area contributed by atoms with Gasteiger partial charge in [-0.15, -0.1) is 0 Å². The number of carboxylic acid groups (broad SMARTS) is 2. The molecule has 0 saturated carbocycles. The summed E-state index contributed by atoms with van der Waals surface area (Å²) in [5.74, 6) is -5.51. The second-order valence-corrected chi connectivity index (χ2v) is 10.1. The number of aliphatic carboxylic acids is 2. The maximum Gasteiger partial charge on any atom is 0.490 e. The highest BCUT2D eigenvalue weighted by molar-refractivity contribution is 5.93. The zero-order valence-electron chi connectivity index (χ0n) is 24.1. The summed E-state index contributed by atoms with van der Waals surface area (Å²) in [6.45, 7) is 4.41. The molecule has 6 rings (SSSR count). The van der Waals surface area contributed by atoms with Gasteiger partial charge in [0.15, 0.2) is 0 Å². The lowest BCUT2D eigenvalue weighted by atomic mass is 10.1. The summed E-state index contributed by atoms with van der Waals surface area (Å²) in [4.78, 5) is 31.8. The van der Waals surface area contributed by atoms with Crippen molar-refractivity contribution in [2.24, 2.45) is 0 Å². The zero-order chi connectivity index (χ0) is 33.6. The second kappa shape index (κ2) is 13.9. The van der Waals surface area contributed by atoms with Gasteiger partial charge in [0.2, 0.25) is 0 Å². The maximum atomic E-state index is 10.6. The summed E-state index contributed by atoms with van der Waals surface area (Å²) in [5.41, 5.74) is 7.86. The van der Waals surface area contributed by atoms with Crippen LogP contribution in [0.15, 0.2) is 85.3 Å². The smallest absolute Gasteiger partial charge is 0.475 e. The van der Waals surface area contributed by atoms with Gasteiger partial charge in [0, 0.05) is 55.2 Å². The number of rotatable bonds is 3. The molecule has 2 aromatic carbocycles. The van der Waals surface area contributed by atoms with E-state index in [-0.39, 0.29) is 0 Å². The second-order valence-electron chi connectivity index (χ2n) is 10.1. The predicted octanol–water partition coefficient (Wildman–Crippen LogP) is 6.23. The number of fused-ring (bicyclic) bond motifs is 2. The number of imidazole rings is 1. The Morgan fingerprint density at radius 2 is 1.35 bits per heavy atom. The third-order valence-electron chi connectivity index (χ3n) is 6.99. The molecular weight excluding hydrogens is 620 g/mol. The number of carbonyl (C=O) groups is 2. The van der Waals surface area contributed by atoms with Crippen molar-refractivity contribution in [1.82, 2.24) is 19.3 Å². The largest absolute Gasteiger partial charge is 0.490 e. The lowest BCUT2D eigenvalue weighted by Gasteiger charge is -2.34. The first-order valence-corrected chi connectivity index (χ1v) is 13.6. The van der Waals surface area contributed by atoms with Gasteiger partial charge < -0.3 is 20.0 Å². The molecule has 0 bridgehead atoms. The minimum atomic E-state index is -5.08. The van der Waals surface area contributed by atoms with Gasteiger partial charge in [0.05, 0.1) is 17.4 Å². The molecule has 1 saturated heterocycles. The Morgan fingerprint density at radius 1 is 0.761 bits per heavy atom. The molecule has 0 atom stereocenters. The van der Waals surface area contributed by atoms with Crippen LogP contribution in [0.3, 0.4) is 0 Å². The van der Waals surface area contributed by atoms with Crippen LogP contribution >= 0.6 is 0 Å². The van der Waals surface area contributed by atoms with Crippen LogP contribution in [0.1, 0.15) is 0 Å². The topological polar surface area (TPSA) is 111 Å². The quantitative estimate of drug-likeness (QED) is 0.222. The number of hydrogen-bond donors (Lipinski definition) is 2. The Kier molecular flexibility index (Phi) is 10.2. The number of alkyl halides is 6. The predicted molar refractivity (Wildman–Crippen MR) is 158 cm³/mol. The number of hydrogen-bond acceptors (Lipinski definition) is 6. The van der Waals surface area contributed by atoms with Gasteiger partial charge in [0.25, 0.3) is 0 Å². The first-order chi connectivity index (χ1) is 21.6. The van der Waals surface area contributed by atoms with Crippen LogP contribution in [0, 0.1) is 0 Å². The average molecular weight is 648 g/mol. The van der Waals surface area contributed by atoms with E-state index < -0.39 is 24.3 Å². The summed E-state index contributed by atoms with van der Waals surface area (Å²) in [6, 6.07) is 23.6. The molecule has 242 valence electrons. The third-order valence-corrected chi connectivity index (χ3v) is 6.99. The molecule has 0 unspecified atom stereocenters. The van der Waals surface area contributed by atoms with E-state index in [1.807, 2.05) is 24.5 Å².